The molecule has 6 heteroatoms. The molecule has 0 saturated heterocycles. The zero-order valence-corrected chi connectivity index (χ0v) is 11.8. The highest BCUT2D eigenvalue weighted by molar-refractivity contribution is 5.22. The highest BCUT2D eigenvalue weighted by Crippen LogP contribution is 2.32. The molecule has 1 atom stereocenters. The molecule has 6 nitrogen and oxygen atoms in total. The van der Waals surface area contributed by atoms with Crippen LogP contribution in [-0.2, 0) is 17.7 Å². The van der Waals surface area contributed by atoms with Crippen LogP contribution in [0.2, 0.25) is 0 Å². The van der Waals surface area contributed by atoms with Crippen LogP contribution in [0.5, 0.6) is 5.88 Å². The topological polar surface area (TPSA) is 62.1 Å². The fourth-order valence-electron chi connectivity index (χ4n) is 2.64. The van der Waals surface area contributed by atoms with Crippen molar-refractivity contribution in [1.82, 2.24) is 19.7 Å². The standard InChI is InChI=1S/C15H18N4O2/c1-2-11(1)7-19-8-12-4-6-20-13(15(12)18-19)9-21-14-3-5-16-10-17-14/h3,5,8,10-11,13H,1-2,4,6-7,9H2. The molecular weight excluding hydrogens is 268 g/mol. The maximum atomic E-state index is 5.82. The van der Waals surface area contributed by atoms with Crippen LogP contribution in [-0.4, -0.2) is 33.0 Å². The highest BCUT2D eigenvalue weighted by atomic mass is 16.5. The number of rotatable bonds is 5. The lowest BCUT2D eigenvalue weighted by molar-refractivity contribution is 0.00629. The molecule has 1 aliphatic carbocycles. The first kappa shape index (κ1) is 12.8. The van der Waals surface area contributed by atoms with Gasteiger partial charge in [0.25, 0.3) is 0 Å². The molecule has 0 radical (unpaired) electrons. The van der Waals surface area contributed by atoms with E-state index >= 15 is 0 Å². The third kappa shape index (κ3) is 2.90. The lowest BCUT2D eigenvalue weighted by Crippen LogP contribution is -2.21. The normalized spacial score (nSPS) is 21.0. The van der Waals surface area contributed by atoms with E-state index in [0.717, 1.165) is 31.2 Å². The summed E-state index contributed by atoms with van der Waals surface area (Å²) in [6, 6.07) is 1.75. The Hall–Kier alpha value is -1.95. The van der Waals surface area contributed by atoms with Crippen molar-refractivity contribution < 1.29 is 9.47 Å². The molecule has 1 aliphatic heterocycles. The van der Waals surface area contributed by atoms with E-state index in [9.17, 15) is 0 Å². The van der Waals surface area contributed by atoms with Gasteiger partial charge in [-0.3, -0.25) is 4.68 Å². The van der Waals surface area contributed by atoms with E-state index in [2.05, 4.69) is 20.8 Å². The van der Waals surface area contributed by atoms with Crippen LogP contribution in [0.3, 0.4) is 0 Å². The summed E-state index contributed by atoms with van der Waals surface area (Å²) in [5.74, 6) is 1.39. The second-order valence-corrected chi connectivity index (χ2v) is 5.67. The van der Waals surface area contributed by atoms with Crippen LogP contribution in [0, 0.1) is 5.92 Å². The molecule has 0 aromatic carbocycles. The maximum absolute atomic E-state index is 5.82. The smallest absolute Gasteiger partial charge is 0.216 e. The Kier molecular flexibility index (Phi) is 3.31. The maximum Gasteiger partial charge on any atom is 0.216 e. The molecule has 0 spiro atoms. The van der Waals surface area contributed by atoms with Crippen molar-refractivity contribution in [1.29, 1.82) is 0 Å². The highest BCUT2D eigenvalue weighted by Gasteiger charge is 2.27. The number of hydrogen-bond acceptors (Lipinski definition) is 5. The third-order valence-electron chi connectivity index (χ3n) is 3.95. The summed E-state index contributed by atoms with van der Waals surface area (Å²) in [6.45, 7) is 2.19. The van der Waals surface area contributed by atoms with Crippen LogP contribution >= 0.6 is 0 Å². The molecule has 4 rings (SSSR count). The minimum Gasteiger partial charge on any atom is -0.474 e. The second kappa shape index (κ2) is 5.44. The van der Waals surface area contributed by atoms with E-state index in [-0.39, 0.29) is 6.10 Å². The summed E-state index contributed by atoms with van der Waals surface area (Å²) in [6.07, 6.45) is 8.82. The average Bonchev–Trinajstić information content (AvgIpc) is 3.23. The van der Waals surface area contributed by atoms with Gasteiger partial charge in [0.15, 0.2) is 0 Å². The van der Waals surface area contributed by atoms with E-state index in [1.807, 2.05) is 0 Å². The first-order valence-corrected chi connectivity index (χ1v) is 7.45. The van der Waals surface area contributed by atoms with Gasteiger partial charge in [0.2, 0.25) is 5.88 Å². The molecule has 0 amide bonds. The van der Waals surface area contributed by atoms with Crippen molar-refractivity contribution in [2.45, 2.75) is 31.9 Å². The molecule has 110 valence electrons. The minimum atomic E-state index is -0.107. The van der Waals surface area contributed by atoms with Gasteiger partial charge in [-0.1, -0.05) is 0 Å². The fraction of sp³-hybridized carbons (Fsp3) is 0.533. The van der Waals surface area contributed by atoms with E-state index in [1.54, 1.807) is 12.3 Å². The van der Waals surface area contributed by atoms with Crippen molar-refractivity contribution in [2.24, 2.45) is 5.92 Å². The Labute approximate surface area is 123 Å². The summed E-state index contributed by atoms with van der Waals surface area (Å²) < 4.78 is 13.6. The molecule has 0 N–H and O–H groups in total. The van der Waals surface area contributed by atoms with Gasteiger partial charge < -0.3 is 9.47 Å². The van der Waals surface area contributed by atoms with Gasteiger partial charge >= 0.3 is 0 Å². The van der Waals surface area contributed by atoms with Gasteiger partial charge in [0.1, 0.15) is 19.0 Å². The Bertz CT molecular complexity index is 609. The van der Waals surface area contributed by atoms with Crippen LogP contribution in [0.1, 0.15) is 30.2 Å². The van der Waals surface area contributed by atoms with Crippen molar-refractivity contribution >= 4 is 0 Å². The third-order valence-corrected chi connectivity index (χ3v) is 3.95. The van der Waals surface area contributed by atoms with Gasteiger partial charge in [0, 0.05) is 25.0 Å². The lowest BCUT2D eigenvalue weighted by Gasteiger charge is -2.21. The van der Waals surface area contributed by atoms with E-state index in [1.165, 1.54) is 24.7 Å². The number of ether oxygens (including phenoxy) is 2. The minimum absolute atomic E-state index is 0.107. The largest absolute Gasteiger partial charge is 0.474 e. The molecule has 1 unspecified atom stereocenters. The van der Waals surface area contributed by atoms with E-state index in [4.69, 9.17) is 14.6 Å². The Morgan fingerprint density at radius 1 is 1.38 bits per heavy atom. The van der Waals surface area contributed by atoms with E-state index in [0.29, 0.717) is 12.5 Å². The summed E-state index contributed by atoms with van der Waals surface area (Å²) in [5.41, 5.74) is 2.31. The SMILES string of the molecule is c1cc(OCC2OCCc3cn(CC4CC4)nc32)ncn1. The average molecular weight is 286 g/mol. The zero-order chi connectivity index (χ0) is 14.1. The molecule has 1 fully saturated rings. The van der Waals surface area contributed by atoms with Crippen LogP contribution in [0.25, 0.3) is 0 Å². The van der Waals surface area contributed by atoms with Crippen LogP contribution < -0.4 is 4.74 Å². The zero-order valence-electron chi connectivity index (χ0n) is 11.8. The second-order valence-electron chi connectivity index (χ2n) is 5.67. The number of fused-ring (bicyclic) bond motifs is 1. The van der Waals surface area contributed by atoms with Crippen molar-refractivity contribution in [3.63, 3.8) is 0 Å². The number of nitrogens with zero attached hydrogens (tertiary/aromatic N) is 4. The van der Waals surface area contributed by atoms with Gasteiger partial charge in [0.05, 0.1) is 12.3 Å². The molecule has 2 aromatic heterocycles. The van der Waals surface area contributed by atoms with E-state index < -0.39 is 0 Å². The molecule has 2 aromatic rings. The molecule has 21 heavy (non-hydrogen) atoms. The fourth-order valence-corrected chi connectivity index (χ4v) is 2.64. The summed E-state index contributed by atoms with van der Waals surface area (Å²) in [5, 5.41) is 4.70. The van der Waals surface area contributed by atoms with Gasteiger partial charge in [-0.25, -0.2) is 9.97 Å². The molecular formula is C15H18N4O2. The van der Waals surface area contributed by atoms with Gasteiger partial charge in [-0.05, 0) is 30.7 Å². The first-order valence-electron chi connectivity index (χ1n) is 7.45. The van der Waals surface area contributed by atoms with Crippen molar-refractivity contribution in [2.75, 3.05) is 13.2 Å². The predicted molar refractivity (Wildman–Crippen MR) is 74.9 cm³/mol. The summed E-state index contributed by atoms with van der Waals surface area (Å²) in [4.78, 5) is 7.93. The van der Waals surface area contributed by atoms with Crippen molar-refractivity contribution in [3.8, 4) is 5.88 Å². The van der Waals surface area contributed by atoms with Crippen LogP contribution in [0.15, 0.2) is 24.8 Å². The monoisotopic (exact) mass is 286 g/mol. The number of hydrogen-bond donors (Lipinski definition) is 0. The Balaban J connectivity index is 1.46. The van der Waals surface area contributed by atoms with Gasteiger partial charge in [-0.15, -0.1) is 0 Å². The van der Waals surface area contributed by atoms with Gasteiger partial charge in [-0.2, -0.15) is 5.10 Å². The molecule has 3 heterocycles. The Morgan fingerprint density at radius 2 is 2.33 bits per heavy atom. The summed E-state index contributed by atoms with van der Waals surface area (Å²) in [7, 11) is 0. The van der Waals surface area contributed by atoms with Crippen molar-refractivity contribution in [3.05, 3.63) is 36.0 Å². The predicted octanol–water partition coefficient (Wildman–Crippen LogP) is 1.78. The molecule has 2 aliphatic rings. The molecule has 1 saturated carbocycles. The first-order chi connectivity index (χ1) is 10.4. The number of aromatic nitrogens is 4. The Morgan fingerprint density at radius 3 is 3.14 bits per heavy atom. The molecule has 0 bridgehead atoms. The quantitative estimate of drug-likeness (QED) is 0.838. The van der Waals surface area contributed by atoms with Crippen LogP contribution in [0.4, 0.5) is 0 Å². The summed E-state index contributed by atoms with van der Waals surface area (Å²) >= 11 is 0. The lowest BCUT2D eigenvalue weighted by atomic mass is 10.1.